The summed E-state index contributed by atoms with van der Waals surface area (Å²) in [5.41, 5.74) is -1.15. The number of hydrogen-bond acceptors (Lipinski definition) is 6. The summed E-state index contributed by atoms with van der Waals surface area (Å²) in [4.78, 5) is 38.4. The number of benzene rings is 1. The summed E-state index contributed by atoms with van der Waals surface area (Å²) in [6, 6.07) is 7.36. The van der Waals surface area contributed by atoms with Gasteiger partial charge >= 0.3 is 18.2 Å². The normalized spacial score (nSPS) is 14.7. The van der Waals surface area contributed by atoms with Crippen LogP contribution in [0, 0.1) is 0 Å². The van der Waals surface area contributed by atoms with Crippen molar-refractivity contribution in [3.05, 3.63) is 48.6 Å². The molecule has 1 aromatic carbocycles. The summed E-state index contributed by atoms with van der Waals surface area (Å²) in [6.45, 7) is 15.0. The zero-order chi connectivity index (χ0) is 24.0. The molecule has 0 saturated heterocycles. The van der Waals surface area contributed by atoms with Crippen molar-refractivity contribution in [1.82, 2.24) is 4.90 Å². The monoisotopic (exact) mass is 435 g/mol. The second-order valence-corrected chi connectivity index (χ2v) is 9.00. The van der Waals surface area contributed by atoms with Crippen molar-refractivity contribution in [1.29, 1.82) is 0 Å². The average molecular weight is 436 g/mol. The molecule has 1 N–H and O–H groups in total. The molecular weight excluding hydrogens is 402 g/mol. The minimum absolute atomic E-state index is 0.433. The Morgan fingerprint density at radius 1 is 0.968 bits per heavy atom. The molecule has 0 saturated carbocycles. The summed E-state index contributed by atoms with van der Waals surface area (Å²) in [7, 11) is 0. The quantitative estimate of drug-likeness (QED) is 0.605. The van der Waals surface area contributed by atoms with Crippen LogP contribution in [0.2, 0.25) is 0 Å². The first-order valence-corrected chi connectivity index (χ1v) is 9.97. The van der Waals surface area contributed by atoms with Gasteiger partial charge in [-0.25, -0.2) is 14.4 Å². The van der Waals surface area contributed by atoms with Crippen LogP contribution < -0.4 is 0 Å². The molecule has 0 unspecified atom stereocenters. The molecular formula is C23H33NO7. The first-order valence-electron chi connectivity index (χ1n) is 9.97. The smallest absolute Gasteiger partial charge is 0.420 e. The third-order valence-corrected chi connectivity index (χ3v) is 3.89. The second kappa shape index (κ2) is 10.4. The third kappa shape index (κ3) is 8.41. The molecule has 1 rings (SSSR count). The maximum atomic E-state index is 12.9. The van der Waals surface area contributed by atoms with Crippen LogP contribution in [-0.4, -0.2) is 51.5 Å². The third-order valence-electron chi connectivity index (χ3n) is 3.89. The van der Waals surface area contributed by atoms with E-state index in [0.717, 1.165) is 5.56 Å². The van der Waals surface area contributed by atoms with Gasteiger partial charge in [-0.3, -0.25) is 0 Å². The van der Waals surface area contributed by atoms with Crippen LogP contribution in [0.15, 0.2) is 43.0 Å². The molecule has 2 amide bonds. The molecule has 0 aliphatic heterocycles. The SMILES string of the molecule is C=C[C@H](O[C@@H](C)c1ccccc1)[C@H](C(=O)O)N(C(=O)OC(C)(C)C)C(=O)OC(C)(C)C. The molecule has 8 nitrogen and oxygen atoms in total. The highest BCUT2D eigenvalue weighted by Crippen LogP contribution is 2.25. The average Bonchev–Trinajstić information content (AvgIpc) is 2.61. The number of ether oxygens (including phenoxy) is 3. The molecule has 0 aliphatic carbocycles. The molecule has 3 atom stereocenters. The number of carboxylic acids is 1. The van der Waals surface area contributed by atoms with Crippen molar-refractivity contribution in [2.45, 2.75) is 77.9 Å². The van der Waals surface area contributed by atoms with E-state index in [4.69, 9.17) is 14.2 Å². The highest BCUT2D eigenvalue weighted by Gasteiger charge is 2.44. The lowest BCUT2D eigenvalue weighted by molar-refractivity contribution is -0.149. The molecule has 0 fully saturated rings. The number of amides is 2. The Bertz CT molecular complexity index is 749. The van der Waals surface area contributed by atoms with Crippen LogP contribution >= 0.6 is 0 Å². The minimum Gasteiger partial charge on any atom is -0.480 e. The lowest BCUT2D eigenvalue weighted by atomic mass is 10.1. The van der Waals surface area contributed by atoms with Crippen LogP contribution in [0.1, 0.15) is 60.1 Å². The van der Waals surface area contributed by atoms with Gasteiger partial charge in [-0.2, -0.15) is 4.90 Å². The second-order valence-electron chi connectivity index (χ2n) is 9.00. The van der Waals surface area contributed by atoms with Crippen molar-refractivity contribution >= 4 is 18.2 Å². The predicted molar refractivity (Wildman–Crippen MR) is 116 cm³/mol. The van der Waals surface area contributed by atoms with Gasteiger partial charge < -0.3 is 19.3 Å². The summed E-state index contributed by atoms with van der Waals surface area (Å²) < 4.78 is 16.5. The molecule has 0 aliphatic rings. The zero-order valence-electron chi connectivity index (χ0n) is 19.2. The predicted octanol–water partition coefficient (Wildman–Crippen LogP) is 4.94. The van der Waals surface area contributed by atoms with Crippen molar-refractivity contribution in [2.24, 2.45) is 0 Å². The number of imide groups is 1. The van der Waals surface area contributed by atoms with Crippen molar-refractivity contribution in [2.75, 3.05) is 0 Å². The van der Waals surface area contributed by atoms with E-state index in [2.05, 4.69) is 6.58 Å². The number of carbonyl (C=O) groups excluding carboxylic acids is 2. The van der Waals surface area contributed by atoms with Crippen LogP contribution in [0.25, 0.3) is 0 Å². The molecule has 8 heteroatoms. The van der Waals surface area contributed by atoms with E-state index in [0.29, 0.717) is 4.90 Å². The Morgan fingerprint density at radius 3 is 1.77 bits per heavy atom. The molecule has 0 bridgehead atoms. The maximum absolute atomic E-state index is 12.9. The molecule has 0 aromatic heterocycles. The Morgan fingerprint density at radius 2 is 1.42 bits per heavy atom. The van der Waals surface area contributed by atoms with Gasteiger partial charge in [0.15, 0.2) is 6.04 Å². The van der Waals surface area contributed by atoms with Crippen LogP contribution in [0.5, 0.6) is 0 Å². The van der Waals surface area contributed by atoms with E-state index in [1.54, 1.807) is 48.5 Å². The number of aliphatic carboxylic acids is 1. The van der Waals surface area contributed by atoms with Gasteiger partial charge in [0.25, 0.3) is 0 Å². The lowest BCUT2D eigenvalue weighted by Crippen LogP contribution is -2.56. The lowest BCUT2D eigenvalue weighted by Gasteiger charge is -2.34. The van der Waals surface area contributed by atoms with E-state index in [1.165, 1.54) is 6.08 Å². The minimum atomic E-state index is -1.76. The van der Waals surface area contributed by atoms with Gasteiger partial charge in [-0.15, -0.1) is 6.58 Å². The number of carbonyl (C=O) groups is 3. The fourth-order valence-electron chi connectivity index (χ4n) is 2.62. The molecule has 1 aromatic rings. The summed E-state index contributed by atoms with van der Waals surface area (Å²) in [5, 5.41) is 9.94. The van der Waals surface area contributed by atoms with Gasteiger partial charge in [0.1, 0.15) is 17.3 Å². The van der Waals surface area contributed by atoms with Gasteiger partial charge in [-0.1, -0.05) is 36.4 Å². The van der Waals surface area contributed by atoms with Gasteiger partial charge in [0.2, 0.25) is 0 Å². The topological polar surface area (TPSA) is 102 Å². The molecule has 0 heterocycles. The molecule has 172 valence electrons. The van der Waals surface area contributed by atoms with Gasteiger partial charge in [-0.05, 0) is 54.0 Å². The van der Waals surface area contributed by atoms with E-state index in [-0.39, 0.29) is 0 Å². The van der Waals surface area contributed by atoms with Crippen LogP contribution in [-0.2, 0) is 19.0 Å². The fraction of sp³-hybridized carbons (Fsp3) is 0.522. The first-order chi connectivity index (χ1) is 14.2. The Balaban J connectivity index is 3.34. The summed E-state index contributed by atoms with van der Waals surface area (Å²) >= 11 is 0. The van der Waals surface area contributed by atoms with Crippen molar-refractivity contribution in [3.63, 3.8) is 0 Å². The maximum Gasteiger partial charge on any atom is 0.420 e. The van der Waals surface area contributed by atoms with Gasteiger partial charge in [0, 0.05) is 0 Å². The highest BCUT2D eigenvalue weighted by molar-refractivity contribution is 5.94. The van der Waals surface area contributed by atoms with E-state index < -0.39 is 47.6 Å². The molecule has 0 spiro atoms. The molecule has 0 radical (unpaired) electrons. The largest absolute Gasteiger partial charge is 0.480 e. The van der Waals surface area contributed by atoms with Gasteiger partial charge in [0.05, 0.1) is 6.10 Å². The fourth-order valence-corrected chi connectivity index (χ4v) is 2.62. The van der Waals surface area contributed by atoms with E-state index in [1.807, 2.05) is 30.3 Å². The number of nitrogens with zero attached hydrogens (tertiary/aromatic N) is 1. The Labute approximate surface area is 183 Å². The van der Waals surface area contributed by atoms with Crippen molar-refractivity contribution in [3.8, 4) is 0 Å². The summed E-state index contributed by atoms with van der Waals surface area (Å²) in [5.74, 6) is -1.47. The first kappa shape index (κ1) is 26.2. The summed E-state index contributed by atoms with van der Waals surface area (Å²) in [6.07, 6.45) is -2.84. The van der Waals surface area contributed by atoms with E-state index in [9.17, 15) is 19.5 Å². The number of rotatable bonds is 7. The number of hydrogen-bond donors (Lipinski definition) is 1. The highest BCUT2D eigenvalue weighted by atomic mass is 16.6. The Kier molecular flexibility index (Phi) is 8.81. The number of carboxylic acid groups (broad SMARTS) is 1. The molecule has 31 heavy (non-hydrogen) atoms. The standard InChI is InChI=1S/C23H33NO7/c1-9-17(29-15(2)16-13-11-10-12-14-16)18(19(25)26)24(20(27)30-22(3,4)5)21(28)31-23(6,7)8/h9-15,17-18H,1H2,2-8H3,(H,25,26)/t15-,17-,18+/m0/s1. The zero-order valence-corrected chi connectivity index (χ0v) is 19.2. The van der Waals surface area contributed by atoms with Crippen LogP contribution in [0.4, 0.5) is 9.59 Å². The van der Waals surface area contributed by atoms with Crippen LogP contribution in [0.3, 0.4) is 0 Å². The van der Waals surface area contributed by atoms with Crippen molar-refractivity contribution < 1.29 is 33.7 Å². The van der Waals surface area contributed by atoms with E-state index >= 15 is 0 Å². The Hall–Kier alpha value is -2.87.